The van der Waals surface area contributed by atoms with Gasteiger partial charge in [0.05, 0.1) is 29.1 Å². The van der Waals surface area contributed by atoms with Crippen LogP contribution in [0.1, 0.15) is 6.92 Å². The number of amides is 3. The first-order valence-electron chi connectivity index (χ1n) is 8.93. The highest BCUT2D eigenvalue weighted by Gasteiger charge is 2.33. The van der Waals surface area contributed by atoms with Crippen LogP contribution in [0.3, 0.4) is 0 Å². The van der Waals surface area contributed by atoms with Crippen molar-refractivity contribution in [3.8, 4) is 0 Å². The third-order valence-electron chi connectivity index (χ3n) is 4.73. The average molecular weight is 402 g/mol. The third kappa shape index (κ3) is 4.32. The second-order valence-electron chi connectivity index (χ2n) is 6.76. The third-order valence-corrected chi connectivity index (χ3v) is 5.06. The number of hydrogen-bond acceptors (Lipinski definition) is 3. The summed E-state index contributed by atoms with van der Waals surface area (Å²) in [6.45, 7) is 1.79. The minimum absolute atomic E-state index is 0.0424. The van der Waals surface area contributed by atoms with Gasteiger partial charge in [0.15, 0.2) is 12.6 Å². The number of carbonyl (C=O) groups is 3. The van der Waals surface area contributed by atoms with E-state index in [1.165, 1.54) is 4.90 Å². The van der Waals surface area contributed by atoms with Crippen LogP contribution in [-0.4, -0.2) is 43.9 Å². The van der Waals surface area contributed by atoms with Crippen LogP contribution in [0.25, 0.3) is 0 Å². The van der Waals surface area contributed by atoms with Crippen molar-refractivity contribution in [3.05, 3.63) is 53.6 Å². The smallest absolute Gasteiger partial charge is 0.285 e. The zero-order valence-corrected chi connectivity index (χ0v) is 16.4. The molecule has 0 bridgehead atoms. The molecule has 2 aromatic carbocycles. The molecule has 0 spiro atoms. The van der Waals surface area contributed by atoms with E-state index >= 15 is 0 Å². The maximum atomic E-state index is 13.0. The van der Waals surface area contributed by atoms with Gasteiger partial charge in [-0.25, -0.2) is 0 Å². The second-order valence-corrected chi connectivity index (χ2v) is 7.17. The number of halogens is 1. The van der Waals surface area contributed by atoms with Crippen molar-refractivity contribution >= 4 is 46.4 Å². The first-order chi connectivity index (χ1) is 13.4. The van der Waals surface area contributed by atoms with Gasteiger partial charge in [0, 0.05) is 0 Å². The van der Waals surface area contributed by atoms with Crippen molar-refractivity contribution < 1.29 is 19.3 Å². The Bertz CT molecular complexity index is 918. The van der Waals surface area contributed by atoms with Crippen LogP contribution in [0.4, 0.5) is 17.1 Å². The number of likely N-dealkylation sites (N-methyl/N-ethyl adjacent to an activating group) is 1. The van der Waals surface area contributed by atoms with Crippen LogP contribution in [0, 0.1) is 0 Å². The summed E-state index contributed by atoms with van der Waals surface area (Å²) in [6.07, 6.45) is 0. The van der Waals surface area contributed by atoms with E-state index in [9.17, 15) is 14.4 Å². The first kappa shape index (κ1) is 19.9. The molecule has 28 heavy (non-hydrogen) atoms. The van der Waals surface area contributed by atoms with Crippen LogP contribution in [0.2, 0.25) is 5.02 Å². The lowest BCUT2D eigenvalue weighted by Gasteiger charge is -2.32. The van der Waals surface area contributed by atoms with Crippen molar-refractivity contribution in [2.24, 2.45) is 0 Å². The standard InChI is InChI=1S/C20H21ClN4O3/c1-13(24(2)11-18(26)22-15-8-4-3-7-14(15)21)20(28)25-12-19(27)23-16-9-5-6-10-17(16)25/h3-10,13H,11-12H2,1-2H3,(H,22,26)(H,23,27)/p+1/t13-/m0/s1. The molecular formula is C20H22ClN4O3+. The zero-order valence-electron chi connectivity index (χ0n) is 15.7. The number of anilines is 3. The molecule has 3 N–H and O–H groups in total. The number of quaternary nitrogens is 1. The fourth-order valence-corrected chi connectivity index (χ4v) is 3.22. The zero-order chi connectivity index (χ0) is 20.3. The van der Waals surface area contributed by atoms with E-state index in [2.05, 4.69) is 10.6 Å². The molecule has 2 aromatic rings. The molecular weight excluding hydrogens is 380 g/mol. The quantitative estimate of drug-likeness (QED) is 0.703. The van der Waals surface area contributed by atoms with Crippen molar-refractivity contribution in [2.75, 3.05) is 35.7 Å². The predicted molar refractivity (Wildman–Crippen MR) is 109 cm³/mol. The van der Waals surface area contributed by atoms with E-state index in [0.29, 0.717) is 27.0 Å². The maximum absolute atomic E-state index is 13.0. The lowest BCUT2D eigenvalue weighted by Crippen LogP contribution is -3.15. The van der Waals surface area contributed by atoms with Gasteiger partial charge >= 0.3 is 0 Å². The molecule has 1 aliphatic rings. The second kappa shape index (κ2) is 8.41. The Balaban J connectivity index is 1.67. The molecule has 0 saturated carbocycles. The largest absolute Gasteiger partial charge is 0.323 e. The molecule has 8 heteroatoms. The van der Waals surface area contributed by atoms with E-state index in [-0.39, 0.29) is 30.8 Å². The summed E-state index contributed by atoms with van der Waals surface area (Å²) < 4.78 is 0. The molecule has 0 aromatic heterocycles. The predicted octanol–water partition coefficient (Wildman–Crippen LogP) is 1.17. The number of nitrogens with zero attached hydrogens (tertiary/aromatic N) is 1. The van der Waals surface area contributed by atoms with Crippen molar-refractivity contribution in [1.82, 2.24) is 0 Å². The number of carbonyl (C=O) groups excluding carboxylic acids is 3. The molecule has 7 nitrogen and oxygen atoms in total. The minimum atomic E-state index is -0.518. The van der Waals surface area contributed by atoms with Crippen molar-refractivity contribution in [1.29, 1.82) is 0 Å². The van der Waals surface area contributed by atoms with E-state index in [4.69, 9.17) is 11.6 Å². The Kier molecular flexibility index (Phi) is 5.96. The molecule has 0 saturated heterocycles. The number of rotatable bonds is 5. The normalized spacial score (nSPS) is 15.2. The highest BCUT2D eigenvalue weighted by molar-refractivity contribution is 6.33. The summed E-state index contributed by atoms with van der Waals surface area (Å²) in [6, 6.07) is 13.6. The maximum Gasteiger partial charge on any atom is 0.285 e. The molecule has 1 aliphatic heterocycles. The Morgan fingerprint density at radius 1 is 1.21 bits per heavy atom. The highest BCUT2D eigenvalue weighted by Crippen LogP contribution is 2.29. The van der Waals surface area contributed by atoms with Gasteiger partial charge in [-0.1, -0.05) is 35.9 Å². The summed E-state index contributed by atoms with van der Waals surface area (Å²) in [5, 5.41) is 5.97. The number of fused-ring (bicyclic) bond motifs is 1. The summed E-state index contributed by atoms with van der Waals surface area (Å²) in [4.78, 5) is 39.5. The van der Waals surface area contributed by atoms with Crippen molar-refractivity contribution in [2.45, 2.75) is 13.0 Å². The molecule has 146 valence electrons. The Morgan fingerprint density at radius 3 is 2.64 bits per heavy atom. The van der Waals surface area contributed by atoms with E-state index in [1.54, 1.807) is 56.4 Å². The van der Waals surface area contributed by atoms with Crippen LogP contribution in [-0.2, 0) is 14.4 Å². The SMILES string of the molecule is C[C@@H](C(=O)N1CC(=O)Nc2ccccc21)[NH+](C)CC(=O)Nc1ccccc1Cl. The summed E-state index contributed by atoms with van der Waals surface area (Å²) in [7, 11) is 1.77. The Hall–Kier alpha value is -2.90. The van der Waals surface area contributed by atoms with Crippen molar-refractivity contribution in [3.63, 3.8) is 0 Å². The number of hydrogen-bond donors (Lipinski definition) is 3. The summed E-state index contributed by atoms with van der Waals surface area (Å²) in [5.74, 6) is -0.708. The van der Waals surface area contributed by atoms with Gasteiger partial charge in [0.25, 0.3) is 11.8 Å². The lowest BCUT2D eigenvalue weighted by molar-refractivity contribution is -0.885. The number of para-hydroxylation sites is 3. The molecule has 0 aliphatic carbocycles. The van der Waals surface area contributed by atoms with Gasteiger partial charge in [-0.3, -0.25) is 19.3 Å². The molecule has 1 unspecified atom stereocenters. The Labute approximate surface area is 168 Å². The molecule has 0 fully saturated rings. The summed E-state index contributed by atoms with van der Waals surface area (Å²) >= 11 is 6.06. The number of benzene rings is 2. The molecule has 0 radical (unpaired) electrons. The molecule has 2 atom stereocenters. The highest BCUT2D eigenvalue weighted by atomic mass is 35.5. The Morgan fingerprint density at radius 2 is 1.89 bits per heavy atom. The fraction of sp³-hybridized carbons (Fsp3) is 0.250. The van der Waals surface area contributed by atoms with Gasteiger partial charge < -0.3 is 15.5 Å². The van der Waals surface area contributed by atoms with Gasteiger partial charge in [-0.15, -0.1) is 0 Å². The van der Waals surface area contributed by atoms with E-state index < -0.39 is 6.04 Å². The summed E-state index contributed by atoms with van der Waals surface area (Å²) in [5.41, 5.74) is 1.79. The van der Waals surface area contributed by atoms with Gasteiger partial charge in [0.2, 0.25) is 5.91 Å². The lowest BCUT2D eigenvalue weighted by atomic mass is 10.1. The molecule has 3 amide bonds. The van der Waals surface area contributed by atoms with Gasteiger partial charge in [0.1, 0.15) is 6.54 Å². The van der Waals surface area contributed by atoms with E-state index in [1.807, 2.05) is 6.07 Å². The topological polar surface area (TPSA) is 83.0 Å². The van der Waals surface area contributed by atoms with Gasteiger partial charge in [-0.2, -0.15) is 0 Å². The van der Waals surface area contributed by atoms with Crippen LogP contribution in [0.15, 0.2) is 48.5 Å². The van der Waals surface area contributed by atoms with Crippen LogP contribution < -0.4 is 20.4 Å². The number of nitrogens with one attached hydrogen (secondary N) is 3. The first-order valence-corrected chi connectivity index (χ1v) is 9.31. The van der Waals surface area contributed by atoms with Crippen LogP contribution in [0.5, 0.6) is 0 Å². The van der Waals surface area contributed by atoms with E-state index in [0.717, 1.165) is 0 Å². The van der Waals surface area contributed by atoms with Crippen LogP contribution >= 0.6 is 11.6 Å². The monoisotopic (exact) mass is 401 g/mol. The molecule has 1 heterocycles. The van der Waals surface area contributed by atoms with Gasteiger partial charge in [-0.05, 0) is 31.2 Å². The average Bonchev–Trinajstić information content (AvgIpc) is 2.67. The fourth-order valence-electron chi connectivity index (χ4n) is 3.04. The minimum Gasteiger partial charge on any atom is -0.323 e. The molecule has 3 rings (SSSR count).